The van der Waals surface area contributed by atoms with Crippen LogP contribution in [0.25, 0.3) is 0 Å². The van der Waals surface area contributed by atoms with Crippen molar-refractivity contribution in [2.75, 3.05) is 11.1 Å². The molecule has 0 bridgehead atoms. The lowest BCUT2D eigenvalue weighted by atomic mass is 10.0. The van der Waals surface area contributed by atoms with Crippen LogP contribution < -0.4 is 21.9 Å². The molecule has 8 nitrogen and oxygen atoms in total. The van der Waals surface area contributed by atoms with Crippen LogP contribution in [-0.2, 0) is 5.66 Å². The number of carbonyl (C=O) groups excluding carboxylic acids is 1. The third-order valence-corrected chi connectivity index (χ3v) is 4.58. The third kappa shape index (κ3) is 2.73. The zero-order valence-electron chi connectivity index (χ0n) is 14.6. The highest BCUT2D eigenvalue weighted by molar-refractivity contribution is 5.97. The Morgan fingerprint density at radius 3 is 2.68 bits per heavy atom. The Labute approximate surface area is 145 Å². The number of aromatic nitrogens is 3. The van der Waals surface area contributed by atoms with Crippen molar-refractivity contribution in [2.45, 2.75) is 45.7 Å². The molecule has 3 rings (SSSR count). The van der Waals surface area contributed by atoms with Crippen LogP contribution in [0.15, 0.2) is 23.3 Å². The molecule has 1 aliphatic rings. The maximum absolute atomic E-state index is 13.1. The molecule has 0 aromatic carbocycles. The number of pyridine rings is 1. The van der Waals surface area contributed by atoms with Gasteiger partial charge >= 0.3 is 0 Å². The molecule has 1 amide bonds. The molecule has 3 heterocycles. The van der Waals surface area contributed by atoms with Crippen LogP contribution >= 0.6 is 0 Å². The fourth-order valence-electron chi connectivity index (χ4n) is 3.44. The molecule has 2 aromatic rings. The minimum absolute atomic E-state index is 0.206. The van der Waals surface area contributed by atoms with Crippen molar-refractivity contribution in [1.82, 2.24) is 19.9 Å². The van der Waals surface area contributed by atoms with Gasteiger partial charge in [-0.25, -0.2) is 9.97 Å². The topological polar surface area (TPSA) is 115 Å². The lowest BCUT2D eigenvalue weighted by Gasteiger charge is -2.30. The van der Waals surface area contributed by atoms with E-state index in [1.807, 2.05) is 20.8 Å². The number of nitrogens with one attached hydrogen (secondary N) is 2. The van der Waals surface area contributed by atoms with Crippen LogP contribution in [0.4, 0.5) is 17.3 Å². The number of aryl methyl sites for hydroxylation is 1. The van der Waals surface area contributed by atoms with E-state index in [1.54, 1.807) is 16.7 Å². The molecule has 1 atom stereocenters. The second-order valence-corrected chi connectivity index (χ2v) is 6.27. The molecule has 2 aromatic heterocycles. The highest BCUT2D eigenvalue weighted by Crippen LogP contribution is 2.32. The fraction of sp³-hybridized carbons (Fsp3) is 0.412. The molecule has 0 aliphatic carbocycles. The molecule has 8 heteroatoms. The standard InChI is InChI=1S/C17H22N6O2/c1-4-6-17(5-2)22-15(24)14-10(3)7-11(16(25)23(14)17)21-13-8-12(18)19-9-20-13/h7-9H,4-6H2,1-3H3,(H,22,24)(H3,18,19,20,21). The maximum atomic E-state index is 13.1. The number of hydrogen-bond donors (Lipinski definition) is 3. The summed E-state index contributed by atoms with van der Waals surface area (Å²) >= 11 is 0. The summed E-state index contributed by atoms with van der Waals surface area (Å²) in [4.78, 5) is 33.5. The van der Waals surface area contributed by atoms with E-state index in [0.29, 0.717) is 35.9 Å². The van der Waals surface area contributed by atoms with Gasteiger partial charge < -0.3 is 16.4 Å². The van der Waals surface area contributed by atoms with E-state index in [4.69, 9.17) is 5.73 Å². The molecule has 0 radical (unpaired) electrons. The Balaban J connectivity index is 2.16. The summed E-state index contributed by atoms with van der Waals surface area (Å²) < 4.78 is 1.60. The molecular weight excluding hydrogens is 320 g/mol. The van der Waals surface area contributed by atoms with E-state index in [9.17, 15) is 9.59 Å². The number of anilines is 3. The number of fused-ring (bicyclic) bond motifs is 1. The Bertz CT molecular complexity index is 891. The maximum Gasteiger partial charge on any atom is 0.276 e. The van der Waals surface area contributed by atoms with Crippen LogP contribution in [0.1, 0.15) is 49.2 Å². The van der Waals surface area contributed by atoms with Gasteiger partial charge in [0.1, 0.15) is 35.0 Å². The highest BCUT2D eigenvalue weighted by atomic mass is 16.2. The smallest absolute Gasteiger partial charge is 0.276 e. The van der Waals surface area contributed by atoms with Gasteiger partial charge in [0.15, 0.2) is 0 Å². The number of nitrogens with two attached hydrogens (primary N) is 1. The molecule has 0 saturated carbocycles. The van der Waals surface area contributed by atoms with Gasteiger partial charge in [0.25, 0.3) is 11.5 Å². The fourth-order valence-corrected chi connectivity index (χ4v) is 3.44. The van der Waals surface area contributed by atoms with E-state index in [1.165, 1.54) is 6.33 Å². The van der Waals surface area contributed by atoms with Crippen molar-refractivity contribution in [3.8, 4) is 0 Å². The normalized spacial score (nSPS) is 18.8. The number of amides is 1. The minimum atomic E-state index is -0.689. The summed E-state index contributed by atoms with van der Waals surface area (Å²) in [6, 6.07) is 3.22. The zero-order valence-corrected chi connectivity index (χ0v) is 14.6. The SMILES string of the molecule is CCCC1(CC)NC(=O)c2c(C)cc(Nc3cc(N)ncn3)c(=O)n21. The van der Waals surface area contributed by atoms with Crippen molar-refractivity contribution < 1.29 is 4.79 Å². The Kier molecular flexibility index (Phi) is 4.20. The summed E-state index contributed by atoms with van der Waals surface area (Å²) in [5.74, 6) is 0.531. The molecule has 0 spiro atoms. The molecule has 25 heavy (non-hydrogen) atoms. The summed E-state index contributed by atoms with van der Waals surface area (Å²) in [7, 11) is 0. The van der Waals surface area contributed by atoms with Crippen molar-refractivity contribution >= 4 is 23.2 Å². The average Bonchev–Trinajstić information content (AvgIpc) is 2.86. The number of carbonyl (C=O) groups is 1. The van der Waals surface area contributed by atoms with Crippen molar-refractivity contribution in [3.05, 3.63) is 40.1 Å². The first-order chi connectivity index (χ1) is 11.9. The van der Waals surface area contributed by atoms with Gasteiger partial charge in [0.05, 0.1) is 0 Å². The van der Waals surface area contributed by atoms with Crippen LogP contribution in [-0.4, -0.2) is 20.4 Å². The quantitative estimate of drug-likeness (QED) is 0.764. The number of nitrogens with zero attached hydrogens (tertiary/aromatic N) is 3. The zero-order chi connectivity index (χ0) is 18.2. The first-order valence-electron chi connectivity index (χ1n) is 8.36. The summed E-state index contributed by atoms with van der Waals surface area (Å²) in [5.41, 5.74) is 6.22. The van der Waals surface area contributed by atoms with Crippen molar-refractivity contribution in [2.24, 2.45) is 0 Å². The lowest BCUT2D eigenvalue weighted by molar-refractivity contribution is 0.0905. The van der Waals surface area contributed by atoms with E-state index in [-0.39, 0.29) is 11.5 Å². The molecule has 132 valence electrons. The molecule has 1 unspecified atom stereocenters. The molecule has 0 saturated heterocycles. The van der Waals surface area contributed by atoms with Gasteiger partial charge in [0.2, 0.25) is 0 Å². The summed E-state index contributed by atoms with van der Waals surface area (Å²) in [6.45, 7) is 5.82. The second kappa shape index (κ2) is 6.19. The van der Waals surface area contributed by atoms with Gasteiger partial charge in [-0.15, -0.1) is 0 Å². The Morgan fingerprint density at radius 1 is 1.28 bits per heavy atom. The molecule has 1 aliphatic heterocycles. The third-order valence-electron chi connectivity index (χ3n) is 4.58. The molecular formula is C17H22N6O2. The first kappa shape index (κ1) is 16.9. The van der Waals surface area contributed by atoms with E-state index >= 15 is 0 Å². The molecule has 4 N–H and O–H groups in total. The van der Waals surface area contributed by atoms with Gasteiger partial charge in [0, 0.05) is 6.07 Å². The van der Waals surface area contributed by atoms with Crippen LogP contribution in [0.2, 0.25) is 0 Å². The van der Waals surface area contributed by atoms with Crippen LogP contribution in [0.5, 0.6) is 0 Å². The summed E-state index contributed by atoms with van der Waals surface area (Å²) in [5, 5.41) is 6.01. The highest BCUT2D eigenvalue weighted by Gasteiger charge is 2.42. The van der Waals surface area contributed by atoms with E-state index in [2.05, 4.69) is 20.6 Å². The predicted molar refractivity (Wildman–Crippen MR) is 95.8 cm³/mol. The van der Waals surface area contributed by atoms with E-state index < -0.39 is 5.66 Å². The minimum Gasteiger partial charge on any atom is -0.384 e. The Morgan fingerprint density at radius 2 is 2.04 bits per heavy atom. The van der Waals surface area contributed by atoms with Crippen LogP contribution in [0, 0.1) is 6.92 Å². The lowest BCUT2D eigenvalue weighted by Crippen LogP contribution is -2.47. The first-order valence-corrected chi connectivity index (χ1v) is 8.36. The van der Waals surface area contributed by atoms with Crippen molar-refractivity contribution in [3.63, 3.8) is 0 Å². The van der Waals surface area contributed by atoms with E-state index in [0.717, 1.165) is 12.0 Å². The van der Waals surface area contributed by atoms with Crippen LogP contribution in [0.3, 0.4) is 0 Å². The Hall–Kier alpha value is -2.90. The molecule has 0 fully saturated rings. The number of rotatable bonds is 5. The van der Waals surface area contributed by atoms with Gasteiger partial charge in [-0.05, 0) is 31.4 Å². The predicted octanol–water partition coefficient (Wildman–Crippen LogP) is 1.88. The van der Waals surface area contributed by atoms with Gasteiger partial charge in [-0.2, -0.15) is 0 Å². The van der Waals surface area contributed by atoms with Gasteiger partial charge in [-0.1, -0.05) is 20.3 Å². The number of hydrogen-bond acceptors (Lipinski definition) is 6. The second-order valence-electron chi connectivity index (χ2n) is 6.27. The monoisotopic (exact) mass is 342 g/mol. The largest absolute Gasteiger partial charge is 0.384 e. The summed E-state index contributed by atoms with van der Waals surface area (Å²) in [6.07, 6.45) is 3.49. The number of nitrogen functional groups attached to an aromatic ring is 1. The van der Waals surface area contributed by atoms with Crippen molar-refractivity contribution in [1.29, 1.82) is 0 Å². The average molecular weight is 342 g/mol. The van der Waals surface area contributed by atoms with Gasteiger partial charge in [-0.3, -0.25) is 14.2 Å².